The molecule has 0 fully saturated rings. The van der Waals surface area contributed by atoms with Crippen LogP contribution in [-0.2, 0) is 15.8 Å². The molecule has 0 amide bonds. The molecular weight excluding hydrogens is 646 g/mol. The average molecular weight is 655 g/mol. The van der Waals surface area contributed by atoms with E-state index in [0.717, 1.165) is 0 Å². The number of benzene rings is 3. The van der Waals surface area contributed by atoms with Crippen LogP contribution in [0.3, 0.4) is 0 Å². The summed E-state index contributed by atoms with van der Waals surface area (Å²) in [4.78, 5) is -0.567. The van der Waals surface area contributed by atoms with Crippen molar-refractivity contribution in [2.45, 2.75) is 24.5 Å². The van der Waals surface area contributed by atoms with Gasteiger partial charge in [-0.3, -0.25) is 0 Å². The monoisotopic (exact) mass is 655 g/mol. The zero-order valence-corrected chi connectivity index (χ0v) is 20.9. The average Bonchev–Trinajstić information content (AvgIpc) is 3.28. The number of anilines is 1. The Kier molecular flexibility index (Phi) is 8.19. The third kappa shape index (κ3) is 4.10. The largest absolute Gasteiger partial charge is 0.634 e. The van der Waals surface area contributed by atoms with Crippen molar-refractivity contribution in [2.24, 2.45) is 0 Å². The standard InChI is InChI=1S/C24H9BF15NO3/c1-2-23(5-7(26)11(30)15(34)12(31)8(5)27)24(44-25(42)43,6-9(28)13(32)16(35)14(33)10(6)29)3-4-41(23)22-20(39)18(37)17(36)19(38)21(22)40/h3-4,42-43H,2H2,1H3. The van der Waals surface area contributed by atoms with Crippen molar-refractivity contribution in [1.82, 2.24) is 0 Å². The van der Waals surface area contributed by atoms with Crippen LogP contribution in [-0.4, -0.2) is 17.4 Å². The number of nitrogens with zero attached hydrogens (tertiary/aromatic N) is 1. The van der Waals surface area contributed by atoms with E-state index in [1.165, 1.54) is 0 Å². The first-order valence-electron chi connectivity index (χ1n) is 11.4. The molecule has 20 heteroatoms. The molecule has 4 nitrogen and oxygen atoms in total. The molecule has 0 aliphatic carbocycles. The van der Waals surface area contributed by atoms with Gasteiger partial charge in [0.15, 0.2) is 69.8 Å². The van der Waals surface area contributed by atoms with Gasteiger partial charge in [-0.05, 0) is 12.5 Å². The van der Waals surface area contributed by atoms with Gasteiger partial charge >= 0.3 is 7.32 Å². The van der Waals surface area contributed by atoms with Gasteiger partial charge in [-0.2, -0.15) is 0 Å². The van der Waals surface area contributed by atoms with Crippen LogP contribution >= 0.6 is 0 Å². The molecule has 44 heavy (non-hydrogen) atoms. The van der Waals surface area contributed by atoms with Crippen molar-refractivity contribution in [1.29, 1.82) is 0 Å². The maximum Gasteiger partial charge on any atom is 0.634 e. The van der Waals surface area contributed by atoms with Gasteiger partial charge in [0.1, 0.15) is 16.8 Å². The van der Waals surface area contributed by atoms with Crippen molar-refractivity contribution in [3.63, 3.8) is 0 Å². The topological polar surface area (TPSA) is 52.9 Å². The molecular formula is C24H9BF15NO3. The summed E-state index contributed by atoms with van der Waals surface area (Å²) in [5.74, 6) is -43.8. The van der Waals surface area contributed by atoms with Crippen molar-refractivity contribution in [3.05, 3.63) is 111 Å². The molecule has 4 rings (SSSR count). The summed E-state index contributed by atoms with van der Waals surface area (Å²) in [6.45, 7) is 0.540. The summed E-state index contributed by atoms with van der Waals surface area (Å²) in [7, 11) is -3.56. The number of hydrogen-bond acceptors (Lipinski definition) is 4. The Morgan fingerprint density at radius 3 is 1.20 bits per heavy atom. The van der Waals surface area contributed by atoms with Crippen LogP contribution in [0.5, 0.6) is 0 Å². The van der Waals surface area contributed by atoms with E-state index >= 15 is 26.3 Å². The first kappa shape index (κ1) is 33.0. The van der Waals surface area contributed by atoms with Crippen LogP contribution in [0.15, 0.2) is 12.3 Å². The van der Waals surface area contributed by atoms with E-state index in [0.29, 0.717) is 6.92 Å². The van der Waals surface area contributed by atoms with E-state index < -0.39 is 134 Å². The molecule has 0 radical (unpaired) electrons. The quantitative estimate of drug-likeness (QED) is 0.142. The highest BCUT2D eigenvalue weighted by Crippen LogP contribution is 2.59. The van der Waals surface area contributed by atoms with Crippen LogP contribution in [0.2, 0.25) is 0 Å². The fourth-order valence-corrected chi connectivity index (χ4v) is 5.16. The highest BCUT2D eigenvalue weighted by atomic mass is 19.2. The Morgan fingerprint density at radius 2 is 0.864 bits per heavy atom. The van der Waals surface area contributed by atoms with Crippen LogP contribution < -0.4 is 4.90 Å². The van der Waals surface area contributed by atoms with Gasteiger partial charge in [0.25, 0.3) is 0 Å². The minimum Gasteiger partial charge on any atom is -0.402 e. The smallest absolute Gasteiger partial charge is 0.402 e. The summed E-state index contributed by atoms with van der Waals surface area (Å²) in [5, 5.41) is 19.3. The SMILES string of the molecule is CCC1(c2c(F)c(F)c(F)c(F)c2F)N(c2c(F)c(F)c(F)c(F)c2F)C=CC1(OB(O)O)c1c(F)c(F)c(F)c(F)c1F. The van der Waals surface area contributed by atoms with Gasteiger partial charge in [-0.15, -0.1) is 0 Å². The second-order valence-corrected chi connectivity index (χ2v) is 8.89. The predicted octanol–water partition coefficient (Wildman–Crippen LogP) is 6.29. The summed E-state index contributed by atoms with van der Waals surface area (Å²) in [6, 6.07) is 0. The lowest BCUT2D eigenvalue weighted by Crippen LogP contribution is -2.59. The third-order valence-electron chi connectivity index (χ3n) is 6.92. The molecule has 0 aromatic heterocycles. The molecule has 0 saturated heterocycles. The van der Waals surface area contributed by atoms with Crippen LogP contribution in [0.1, 0.15) is 24.5 Å². The zero-order valence-electron chi connectivity index (χ0n) is 20.9. The summed E-state index contributed by atoms with van der Waals surface area (Å²) in [6.07, 6.45) is -1.89. The Labute approximate surface area is 234 Å². The van der Waals surface area contributed by atoms with Crippen molar-refractivity contribution < 1.29 is 80.6 Å². The summed E-state index contributed by atoms with van der Waals surface area (Å²) >= 11 is 0. The Hall–Kier alpha value is -3.91. The number of halogens is 15. The molecule has 2 unspecified atom stereocenters. The molecule has 236 valence electrons. The molecule has 0 bridgehead atoms. The van der Waals surface area contributed by atoms with Crippen LogP contribution in [0, 0.1) is 87.3 Å². The van der Waals surface area contributed by atoms with E-state index in [1.54, 1.807) is 0 Å². The Bertz CT molecular complexity index is 1670. The van der Waals surface area contributed by atoms with E-state index in [4.69, 9.17) is 0 Å². The number of rotatable bonds is 6. The fourth-order valence-electron chi connectivity index (χ4n) is 5.16. The maximum absolute atomic E-state index is 15.5. The lowest BCUT2D eigenvalue weighted by molar-refractivity contribution is -0.0167. The lowest BCUT2D eigenvalue weighted by Gasteiger charge is -2.50. The second kappa shape index (κ2) is 10.9. The number of hydrogen-bond donors (Lipinski definition) is 2. The van der Waals surface area contributed by atoms with Crippen molar-refractivity contribution in [2.75, 3.05) is 4.90 Å². The van der Waals surface area contributed by atoms with Crippen molar-refractivity contribution in [3.8, 4) is 0 Å². The molecule has 1 aliphatic rings. The van der Waals surface area contributed by atoms with Gasteiger partial charge in [-0.1, -0.05) is 6.92 Å². The van der Waals surface area contributed by atoms with E-state index in [1.807, 2.05) is 0 Å². The van der Waals surface area contributed by atoms with Gasteiger partial charge in [0, 0.05) is 6.20 Å². The van der Waals surface area contributed by atoms with E-state index in [-0.39, 0.29) is 12.3 Å². The minimum absolute atomic E-state index is 0.111. The van der Waals surface area contributed by atoms with Crippen LogP contribution in [0.4, 0.5) is 71.5 Å². The van der Waals surface area contributed by atoms with Crippen molar-refractivity contribution >= 4 is 13.0 Å². The highest BCUT2D eigenvalue weighted by Gasteiger charge is 2.66. The molecule has 2 atom stereocenters. The van der Waals surface area contributed by atoms with Gasteiger partial charge in [-0.25, -0.2) is 65.9 Å². The van der Waals surface area contributed by atoms with Crippen LogP contribution in [0.25, 0.3) is 0 Å². The first-order valence-corrected chi connectivity index (χ1v) is 11.4. The van der Waals surface area contributed by atoms with E-state index in [2.05, 4.69) is 4.65 Å². The lowest BCUT2D eigenvalue weighted by atomic mass is 9.68. The molecule has 0 spiro atoms. The predicted molar refractivity (Wildman–Crippen MR) is 115 cm³/mol. The molecule has 1 heterocycles. The molecule has 0 saturated carbocycles. The summed E-state index contributed by atoms with van der Waals surface area (Å²) < 4.78 is 224. The van der Waals surface area contributed by atoms with Gasteiger partial charge in [0.2, 0.25) is 17.5 Å². The third-order valence-corrected chi connectivity index (χ3v) is 6.92. The second-order valence-electron chi connectivity index (χ2n) is 8.89. The Balaban J connectivity index is 2.38. The fraction of sp³-hybridized carbons (Fsp3) is 0.167. The molecule has 1 aliphatic heterocycles. The van der Waals surface area contributed by atoms with Gasteiger partial charge < -0.3 is 19.6 Å². The molecule has 2 N–H and O–H groups in total. The normalized spacial score (nSPS) is 19.8. The maximum atomic E-state index is 15.5. The molecule has 3 aromatic carbocycles. The summed E-state index contributed by atoms with van der Waals surface area (Å²) in [5.41, 5.74) is -15.6. The highest BCUT2D eigenvalue weighted by molar-refractivity contribution is 6.33. The van der Waals surface area contributed by atoms with E-state index in [9.17, 15) is 49.6 Å². The molecule has 3 aromatic rings. The first-order chi connectivity index (χ1) is 20.3. The zero-order chi connectivity index (χ0) is 33.4. The minimum atomic E-state index is -4.22. The van der Waals surface area contributed by atoms with Gasteiger partial charge in [0.05, 0.1) is 11.1 Å². The Morgan fingerprint density at radius 1 is 0.545 bits per heavy atom.